The summed E-state index contributed by atoms with van der Waals surface area (Å²) in [7, 11) is 0. The summed E-state index contributed by atoms with van der Waals surface area (Å²) >= 11 is 0. The average molecular weight is 274 g/mol. The van der Waals surface area contributed by atoms with Gasteiger partial charge in [0.05, 0.1) is 26.2 Å². The molecule has 0 bridgehead atoms. The van der Waals surface area contributed by atoms with Gasteiger partial charge in [-0.05, 0) is 12.0 Å². The maximum Gasteiger partial charge on any atom is 0.228 e. The van der Waals surface area contributed by atoms with Crippen LogP contribution in [0.3, 0.4) is 0 Å². The van der Waals surface area contributed by atoms with Crippen LogP contribution in [0.15, 0.2) is 34.9 Å². The Morgan fingerprint density at radius 3 is 2.95 bits per heavy atom. The van der Waals surface area contributed by atoms with Crippen LogP contribution in [-0.2, 0) is 22.5 Å². The fourth-order valence-electron chi connectivity index (χ4n) is 2.20. The average Bonchev–Trinajstić information content (AvgIpc) is 3.15. The first-order chi connectivity index (χ1) is 9.92. The van der Waals surface area contributed by atoms with Crippen molar-refractivity contribution in [3.8, 4) is 0 Å². The fourth-order valence-corrected chi connectivity index (χ4v) is 2.20. The highest BCUT2D eigenvalue weighted by atomic mass is 16.5. The van der Waals surface area contributed by atoms with E-state index in [4.69, 9.17) is 14.0 Å². The number of hydrogen-bond acceptors (Lipinski definition) is 5. The van der Waals surface area contributed by atoms with Gasteiger partial charge in [-0.2, -0.15) is 4.98 Å². The van der Waals surface area contributed by atoms with Gasteiger partial charge in [-0.1, -0.05) is 35.5 Å². The van der Waals surface area contributed by atoms with Crippen molar-refractivity contribution in [3.05, 3.63) is 47.6 Å². The topological polar surface area (TPSA) is 57.4 Å². The van der Waals surface area contributed by atoms with Gasteiger partial charge in [-0.3, -0.25) is 0 Å². The predicted molar refractivity (Wildman–Crippen MR) is 72.3 cm³/mol. The number of rotatable bonds is 6. The molecular weight excluding hydrogens is 256 g/mol. The third-order valence-corrected chi connectivity index (χ3v) is 3.35. The molecule has 1 atom stereocenters. The van der Waals surface area contributed by atoms with Crippen molar-refractivity contribution in [2.24, 2.45) is 0 Å². The minimum absolute atomic E-state index is 0.290. The summed E-state index contributed by atoms with van der Waals surface area (Å²) in [6, 6.07) is 10.1. The molecule has 2 aromatic rings. The molecule has 1 aliphatic heterocycles. The summed E-state index contributed by atoms with van der Waals surface area (Å²) in [5.41, 5.74) is 1.17. The van der Waals surface area contributed by atoms with Crippen LogP contribution < -0.4 is 0 Å². The van der Waals surface area contributed by atoms with E-state index in [1.807, 2.05) is 30.3 Å². The number of benzene rings is 1. The van der Waals surface area contributed by atoms with Gasteiger partial charge in [0, 0.05) is 12.5 Å². The lowest BCUT2D eigenvalue weighted by molar-refractivity contribution is 0.118. The molecule has 3 rings (SSSR count). The zero-order chi connectivity index (χ0) is 13.6. The molecule has 1 aromatic carbocycles. The molecule has 106 valence electrons. The van der Waals surface area contributed by atoms with Gasteiger partial charge in [-0.25, -0.2) is 0 Å². The maximum absolute atomic E-state index is 5.61. The molecule has 1 saturated heterocycles. The molecule has 0 aliphatic carbocycles. The van der Waals surface area contributed by atoms with E-state index in [-0.39, 0.29) is 5.92 Å². The van der Waals surface area contributed by atoms with Crippen LogP contribution in [0.2, 0.25) is 0 Å². The van der Waals surface area contributed by atoms with Crippen LogP contribution in [0, 0.1) is 0 Å². The summed E-state index contributed by atoms with van der Waals surface area (Å²) < 4.78 is 16.2. The number of aromatic nitrogens is 2. The van der Waals surface area contributed by atoms with E-state index < -0.39 is 0 Å². The van der Waals surface area contributed by atoms with Crippen LogP contribution in [0.25, 0.3) is 0 Å². The van der Waals surface area contributed by atoms with Gasteiger partial charge in [0.2, 0.25) is 5.89 Å². The molecule has 5 heteroatoms. The van der Waals surface area contributed by atoms with Crippen LogP contribution >= 0.6 is 0 Å². The molecule has 0 N–H and O–H groups in total. The van der Waals surface area contributed by atoms with Crippen molar-refractivity contribution in [1.29, 1.82) is 0 Å². The SMILES string of the molecule is c1ccc(COCCc2nc(C3CCOC3)no2)cc1. The zero-order valence-electron chi connectivity index (χ0n) is 11.3. The van der Waals surface area contributed by atoms with Gasteiger partial charge in [0.1, 0.15) is 0 Å². The maximum atomic E-state index is 5.61. The van der Waals surface area contributed by atoms with E-state index in [1.165, 1.54) is 5.56 Å². The second-order valence-electron chi connectivity index (χ2n) is 4.90. The van der Waals surface area contributed by atoms with Crippen molar-refractivity contribution in [1.82, 2.24) is 10.1 Å². The predicted octanol–water partition coefficient (Wildman–Crippen LogP) is 2.33. The first-order valence-corrected chi connectivity index (χ1v) is 6.94. The molecule has 2 heterocycles. The Bertz CT molecular complexity index is 521. The van der Waals surface area contributed by atoms with E-state index in [9.17, 15) is 0 Å². The van der Waals surface area contributed by atoms with Gasteiger partial charge in [0.15, 0.2) is 5.82 Å². The molecule has 1 aromatic heterocycles. The summed E-state index contributed by atoms with van der Waals surface area (Å²) in [5, 5.41) is 4.01. The van der Waals surface area contributed by atoms with Crippen molar-refractivity contribution < 1.29 is 14.0 Å². The Morgan fingerprint density at radius 2 is 2.15 bits per heavy atom. The van der Waals surface area contributed by atoms with E-state index in [0.29, 0.717) is 32.1 Å². The van der Waals surface area contributed by atoms with Gasteiger partial charge in [0.25, 0.3) is 0 Å². The van der Waals surface area contributed by atoms with E-state index >= 15 is 0 Å². The Labute approximate surface area is 117 Å². The third kappa shape index (κ3) is 3.43. The minimum atomic E-state index is 0.290. The number of ether oxygens (including phenoxy) is 2. The van der Waals surface area contributed by atoms with E-state index in [0.717, 1.165) is 18.9 Å². The van der Waals surface area contributed by atoms with Crippen molar-refractivity contribution in [3.63, 3.8) is 0 Å². The van der Waals surface area contributed by atoms with Crippen LogP contribution in [0.4, 0.5) is 0 Å². The lowest BCUT2D eigenvalue weighted by Gasteiger charge is -2.02. The van der Waals surface area contributed by atoms with Crippen LogP contribution in [0.1, 0.15) is 29.6 Å². The van der Waals surface area contributed by atoms with Crippen molar-refractivity contribution in [2.45, 2.75) is 25.4 Å². The number of hydrogen-bond donors (Lipinski definition) is 0. The summed E-state index contributed by atoms with van der Waals surface area (Å²) in [6.07, 6.45) is 1.62. The quantitative estimate of drug-likeness (QED) is 0.757. The molecule has 20 heavy (non-hydrogen) atoms. The van der Waals surface area contributed by atoms with Crippen LogP contribution in [0.5, 0.6) is 0 Å². The standard InChI is InChI=1S/C15H18N2O3/c1-2-4-12(5-3-1)10-18-9-7-14-16-15(17-20-14)13-6-8-19-11-13/h1-5,13H,6-11H2. The summed E-state index contributed by atoms with van der Waals surface area (Å²) in [5.74, 6) is 1.69. The molecule has 1 fully saturated rings. The highest BCUT2D eigenvalue weighted by Crippen LogP contribution is 2.22. The second kappa shape index (κ2) is 6.63. The molecule has 1 aliphatic rings. The van der Waals surface area contributed by atoms with Crippen molar-refractivity contribution in [2.75, 3.05) is 19.8 Å². The number of nitrogens with zero attached hydrogens (tertiary/aromatic N) is 2. The molecular formula is C15H18N2O3. The highest BCUT2D eigenvalue weighted by molar-refractivity contribution is 5.13. The Hall–Kier alpha value is -1.72. The van der Waals surface area contributed by atoms with E-state index in [1.54, 1.807) is 0 Å². The first-order valence-electron chi connectivity index (χ1n) is 6.94. The first kappa shape index (κ1) is 13.3. The largest absolute Gasteiger partial charge is 0.381 e. The molecule has 0 radical (unpaired) electrons. The fraction of sp³-hybridized carbons (Fsp3) is 0.467. The normalized spacial score (nSPS) is 18.5. The summed E-state index contributed by atoms with van der Waals surface area (Å²) in [4.78, 5) is 4.40. The molecule has 5 nitrogen and oxygen atoms in total. The lowest BCUT2D eigenvalue weighted by Crippen LogP contribution is -2.02. The molecule has 1 unspecified atom stereocenters. The monoisotopic (exact) mass is 274 g/mol. The lowest BCUT2D eigenvalue weighted by atomic mass is 10.1. The zero-order valence-corrected chi connectivity index (χ0v) is 11.3. The highest BCUT2D eigenvalue weighted by Gasteiger charge is 2.22. The summed E-state index contributed by atoms with van der Waals surface area (Å²) in [6.45, 7) is 2.67. The molecule has 0 saturated carbocycles. The van der Waals surface area contributed by atoms with Gasteiger partial charge >= 0.3 is 0 Å². The minimum Gasteiger partial charge on any atom is -0.381 e. The Morgan fingerprint density at radius 1 is 1.25 bits per heavy atom. The third-order valence-electron chi connectivity index (χ3n) is 3.35. The smallest absolute Gasteiger partial charge is 0.228 e. The van der Waals surface area contributed by atoms with Crippen LogP contribution in [-0.4, -0.2) is 30.0 Å². The Kier molecular flexibility index (Phi) is 4.40. The van der Waals surface area contributed by atoms with E-state index in [2.05, 4.69) is 10.1 Å². The second-order valence-corrected chi connectivity index (χ2v) is 4.90. The molecule has 0 amide bonds. The van der Waals surface area contributed by atoms with Gasteiger partial charge < -0.3 is 14.0 Å². The van der Waals surface area contributed by atoms with Crippen molar-refractivity contribution >= 4 is 0 Å². The molecule has 0 spiro atoms. The Balaban J connectivity index is 1.42. The van der Waals surface area contributed by atoms with Gasteiger partial charge in [-0.15, -0.1) is 0 Å².